The van der Waals surface area contributed by atoms with E-state index in [4.69, 9.17) is 4.74 Å². The molecule has 3 aromatic rings. The first-order valence-corrected chi connectivity index (χ1v) is 10.9. The van der Waals surface area contributed by atoms with Gasteiger partial charge in [-0.2, -0.15) is 5.10 Å². The molecule has 3 aromatic carbocycles. The number of rotatable bonds is 7. The SMILES string of the molecule is O=C(CNC(=O)c1ccccc1Br)N/N=C\c1cccc(OC(=O)c2cccc(Br)c2)c1. The summed E-state index contributed by atoms with van der Waals surface area (Å²) in [4.78, 5) is 36.3. The van der Waals surface area contributed by atoms with Crippen LogP contribution in [0.15, 0.2) is 86.8 Å². The number of nitrogens with one attached hydrogen (secondary N) is 2. The number of esters is 1. The zero-order valence-electron chi connectivity index (χ0n) is 16.5. The second kappa shape index (κ2) is 11.4. The van der Waals surface area contributed by atoms with Crippen molar-refractivity contribution in [2.45, 2.75) is 0 Å². The molecule has 0 bridgehead atoms. The standard InChI is InChI=1S/C23H17Br2N3O4/c24-17-7-4-6-16(12-17)23(31)32-18-8-3-5-15(11-18)13-27-28-21(29)14-26-22(30)19-9-1-2-10-20(19)25/h1-13H,14H2,(H,26,30)(H,28,29)/b27-13-. The van der Waals surface area contributed by atoms with Gasteiger partial charge in [-0.3, -0.25) is 9.59 Å². The molecular formula is C23H17Br2N3O4. The van der Waals surface area contributed by atoms with E-state index in [0.717, 1.165) is 4.47 Å². The Morgan fingerprint density at radius 1 is 0.938 bits per heavy atom. The molecule has 0 atom stereocenters. The normalized spacial score (nSPS) is 10.6. The molecule has 3 rings (SSSR count). The Bertz CT molecular complexity index is 1180. The van der Waals surface area contributed by atoms with Gasteiger partial charge in [0.25, 0.3) is 11.8 Å². The number of amides is 2. The van der Waals surface area contributed by atoms with Crippen LogP contribution in [0.5, 0.6) is 5.75 Å². The molecule has 2 N–H and O–H groups in total. The molecule has 0 spiro atoms. The smallest absolute Gasteiger partial charge is 0.343 e. The Morgan fingerprint density at radius 3 is 2.50 bits per heavy atom. The van der Waals surface area contributed by atoms with Crippen LogP contribution in [-0.2, 0) is 4.79 Å². The molecular weight excluding hydrogens is 542 g/mol. The minimum absolute atomic E-state index is 0.234. The van der Waals surface area contributed by atoms with Crippen molar-refractivity contribution >= 4 is 55.9 Å². The van der Waals surface area contributed by atoms with E-state index < -0.39 is 11.9 Å². The molecule has 9 heteroatoms. The lowest BCUT2D eigenvalue weighted by molar-refractivity contribution is -0.120. The number of carbonyl (C=O) groups excluding carboxylic acids is 3. The lowest BCUT2D eigenvalue weighted by Gasteiger charge is -2.06. The third kappa shape index (κ3) is 6.86. The van der Waals surface area contributed by atoms with Crippen LogP contribution in [0.2, 0.25) is 0 Å². The number of hydrazone groups is 1. The lowest BCUT2D eigenvalue weighted by Crippen LogP contribution is -2.35. The molecule has 0 saturated carbocycles. The first kappa shape index (κ1) is 23.4. The molecule has 0 heterocycles. The number of benzene rings is 3. The van der Waals surface area contributed by atoms with Crippen LogP contribution in [0.1, 0.15) is 26.3 Å². The minimum atomic E-state index is -0.491. The summed E-state index contributed by atoms with van der Waals surface area (Å²) in [6.07, 6.45) is 1.41. The van der Waals surface area contributed by atoms with Gasteiger partial charge in [-0.1, -0.05) is 46.3 Å². The van der Waals surface area contributed by atoms with Crippen LogP contribution < -0.4 is 15.5 Å². The fraction of sp³-hybridized carbons (Fsp3) is 0.0435. The van der Waals surface area contributed by atoms with E-state index in [1.165, 1.54) is 6.21 Å². The maximum absolute atomic E-state index is 12.3. The lowest BCUT2D eigenvalue weighted by atomic mass is 10.2. The Balaban J connectivity index is 1.51. The van der Waals surface area contributed by atoms with Crippen LogP contribution >= 0.6 is 31.9 Å². The van der Waals surface area contributed by atoms with E-state index in [-0.39, 0.29) is 12.5 Å². The second-order valence-corrected chi connectivity index (χ2v) is 8.20. The van der Waals surface area contributed by atoms with Crippen molar-refractivity contribution < 1.29 is 19.1 Å². The highest BCUT2D eigenvalue weighted by Gasteiger charge is 2.11. The maximum Gasteiger partial charge on any atom is 0.343 e. The predicted octanol–water partition coefficient (Wildman–Crippen LogP) is 4.31. The number of hydrogen-bond acceptors (Lipinski definition) is 5. The molecule has 32 heavy (non-hydrogen) atoms. The Hall–Kier alpha value is -3.30. The molecule has 0 unspecified atom stereocenters. The highest BCUT2D eigenvalue weighted by molar-refractivity contribution is 9.10. The van der Waals surface area contributed by atoms with Gasteiger partial charge < -0.3 is 10.1 Å². The number of carbonyl (C=O) groups is 3. The van der Waals surface area contributed by atoms with E-state index in [2.05, 4.69) is 47.7 Å². The average Bonchev–Trinajstić information content (AvgIpc) is 2.78. The van der Waals surface area contributed by atoms with Crippen LogP contribution in [0, 0.1) is 0 Å². The van der Waals surface area contributed by atoms with Crippen molar-refractivity contribution in [2.75, 3.05) is 6.54 Å². The van der Waals surface area contributed by atoms with E-state index in [0.29, 0.717) is 26.9 Å². The van der Waals surface area contributed by atoms with E-state index in [1.54, 1.807) is 66.7 Å². The quantitative estimate of drug-likeness (QED) is 0.195. The number of nitrogens with zero attached hydrogens (tertiary/aromatic N) is 1. The number of halogens is 2. The third-order valence-corrected chi connectivity index (χ3v) is 5.24. The summed E-state index contributed by atoms with van der Waals surface area (Å²) in [6.45, 7) is -0.234. The molecule has 7 nitrogen and oxygen atoms in total. The Kier molecular flexibility index (Phi) is 8.29. The summed E-state index contributed by atoms with van der Waals surface area (Å²) in [5.41, 5.74) is 3.79. The topological polar surface area (TPSA) is 96.9 Å². The van der Waals surface area contributed by atoms with Crippen molar-refractivity contribution in [1.29, 1.82) is 0 Å². The van der Waals surface area contributed by atoms with Gasteiger partial charge in [0, 0.05) is 8.95 Å². The summed E-state index contributed by atoms with van der Waals surface area (Å²) >= 11 is 6.61. The molecule has 0 aromatic heterocycles. The van der Waals surface area contributed by atoms with Gasteiger partial charge in [0.15, 0.2) is 0 Å². The molecule has 2 amide bonds. The average molecular weight is 559 g/mol. The number of hydrogen-bond donors (Lipinski definition) is 2. The number of ether oxygens (including phenoxy) is 1. The summed E-state index contributed by atoms with van der Waals surface area (Å²) in [6, 6.07) is 20.5. The van der Waals surface area contributed by atoms with Gasteiger partial charge in [0.2, 0.25) is 0 Å². The molecule has 0 radical (unpaired) electrons. The van der Waals surface area contributed by atoms with E-state index >= 15 is 0 Å². The summed E-state index contributed by atoms with van der Waals surface area (Å²) < 4.78 is 6.79. The predicted molar refractivity (Wildman–Crippen MR) is 128 cm³/mol. The third-order valence-electron chi connectivity index (χ3n) is 4.06. The molecule has 0 aliphatic rings. The van der Waals surface area contributed by atoms with Gasteiger partial charge >= 0.3 is 5.97 Å². The van der Waals surface area contributed by atoms with E-state index in [1.807, 2.05) is 6.07 Å². The molecule has 162 valence electrons. The van der Waals surface area contributed by atoms with Crippen LogP contribution in [-0.4, -0.2) is 30.5 Å². The van der Waals surface area contributed by atoms with Gasteiger partial charge in [0.05, 0.1) is 23.9 Å². The molecule has 0 fully saturated rings. The Morgan fingerprint density at radius 2 is 1.72 bits per heavy atom. The van der Waals surface area contributed by atoms with Gasteiger partial charge in [-0.25, -0.2) is 10.2 Å². The summed E-state index contributed by atoms with van der Waals surface area (Å²) in [5, 5.41) is 6.39. The monoisotopic (exact) mass is 557 g/mol. The second-order valence-electron chi connectivity index (χ2n) is 6.43. The molecule has 0 aliphatic carbocycles. The van der Waals surface area contributed by atoms with Gasteiger partial charge in [0.1, 0.15) is 5.75 Å². The molecule has 0 saturated heterocycles. The highest BCUT2D eigenvalue weighted by Crippen LogP contribution is 2.17. The van der Waals surface area contributed by atoms with Crippen molar-refractivity contribution in [3.8, 4) is 5.75 Å². The zero-order chi connectivity index (χ0) is 22.9. The largest absolute Gasteiger partial charge is 0.423 e. The van der Waals surface area contributed by atoms with Crippen molar-refractivity contribution in [2.24, 2.45) is 5.10 Å². The van der Waals surface area contributed by atoms with Crippen molar-refractivity contribution in [3.05, 3.63) is 98.4 Å². The van der Waals surface area contributed by atoms with Gasteiger partial charge in [-0.15, -0.1) is 0 Å². The zero-order valence-corrected chi connectivity index (χ0v) is 19.7. The fourth-order valence-corrected chi connectivity index (χ4v) is 3.42. The summed E-state index contributed by atoms with van der Waals surface area (Å²) in [5.74, 6) is -1.02. The van der Waals surface area contributed by atoms with E-state index in [9.17, 15) is 14.4 Å². The highest BCUT2D eigenvalue weighted by atomic mass is 79.9. The molecule has 0 aliphatic heterocycles. The summed E-state index contributed by atoms with van der Waals surface area (Å²) in [7, 11) is 0. The fourth-order valence-electron chi connectivity index (χ4n) is 2.56. The van der Waals surface area contributed by atoms with Crippen LogP contribution in [0.3, 0.4) is 0 Å². The van der Waals surface area contributed by atoms with Crippen molar-refractivity contribution in [3.63, 3.8) is 0 Å². The van der Waals surface area contributed by atoms with Gasteiger partial charge in [-0.05, 0) is 64.0 Å². The minimum Gasteiger partial charge on any atom is -0.423 e. The van der Waals surface area contributed by atoms with Crippen molar-refractivity contribution in [1.82, 2.24) is 10.7 Å². The van der Waals surface area contributed by atoms with Crippen LogP contribution in [0.25, 0.3) is 0 Å². The van der Waals surface area contributed by atoms with Crippen LogP contribution in [0.4, 0.5) is 0 Å². The first-order chi connectivity index (χ1) is 15.4. The maximum atomic E-state index is 12.3. The first-order valence-electron chi connectivity index (χ1n) is 9.35. The Labute approximate surface area is 201 Å².